The molecule has 2 aromatic carbocycles. The van der Waals surface area contributed by atoms with Crippen LogP contribution < -0.4 is 5.32 Å². The summed E-state index contributed by atoms with van der Waals surface area (Å²) in [7, 11) is 0. The van der Waals surface area contributed by atoms with Gasteiger partial charge < -0.3 is 9.84 Å². The Morgan fingerprint density at radius 2 is 2.15 bits per heavy atom. The molecule has 0 unspecified atom stereocenters. The number of hydrogen-bond donors (Lipinski definition) is 1. The van der Waals surface area contributed by atoms with Crippen molar-refractivity contribution in [2.24, 2.45) is 0 Å². The molecular formula is C18H15ClFN3O2S. The molecule has 1 amide bonds. The molecule has 0 bridgehead atoms. The summed E-state index contributed by atoms with van der Waals surface area (Å²) < 4.78 is 18.4. The molecule has 0 aliphatic heterocycles. The number of aryl methyl sites for hydroxylation is 1. The molecule has 0 fully saturated rings. The van der Waals surface area contributed by atoms with Gasteiger partial charge in [-0.3, -0.25) is 4.79 Å². The summed E-state index contributed by atoms with van der Waals surface area (Å²) in [4.78, 5) is 16.3. The number of rotatable bonds is 6. The van der Waals surface area contributed by atoms with Crippen molar-refractivity contribution in [2.75, 3.05) is 11.1 Å². The van der Waals surface area contributed by atoms with Crippen LogP contribution in [0, 0.1) is 12.7 Å². The van der Waals surface area contributed by atoms with Crippen LogP contribution in [-0.4, -0.2) is 21.8 Å². The van der Waals surface area contributed by atoms with Gasteiger partial charge >= 0.3 is 0 Å². The molecule has 0 spiro atoms. The van der Waals surface area contributed by atoms with Gasteiger partial charge in [0.15, 0.2) is 0 Å². The van der Waals surface area contributed by atoms with Gasteiger partial charge in [-0.25, -0.2) is 4.39 Å². The van der Waals surface area contributed by atoms with Gasteiger partial charge in [-0.2, -0.15) is 4.98 Å². The molecular weight excluding hydrogens is 377 g/mol. The van der Waals surface area contributed by atoms with Gasteiger partial charge in [0.2, 0.25) is 17.6 Å². The van der Waals surface area contributed by atoms with Crippen molar-refractivity contribution in [1.82, 2.24) is 10.1 Å². The van der Waals surface area contributed by atoms with Crippen LogP contribution in [0.25, 0.3) is 11.4 Å². The highest BCUT2D eigenvalue weighted by Gasteiger charge is 2.11. The number of thioether (sulfide) groups is 1. The summed E-state index contributed by atoms with van der Waals surface area (Å²) in [6.07, 6.45) is 0. The standard InChI is InChI=1S/C18H15ClFN3O2S/c1-11-5-6-13(19)8-15(11)21-16(24)9-26-10-17-22-18(23-25-17)12-3-2-4-14(20)7-12/h2-8H,9-10H2,1H3,(H,21,24). The first-order valence-electron chi connectivity index (χ1n) is 7.73. The third-order valence-corrected chi connectivity index (χ3v) is 4.64. The highest BCUT2D eigenvalue weighted by Crippen LogP contribution is 2.21. The maximum Gasteiger partial charge on any atom is 0.236 e. The number of aromatic nitrogens is 2. The largest absolute Gasteiger partial charge is 0.338 e. The summed E-state index contributed by atoms with van der Waals surface area (Å²) >= 11 is 7.28. The quantitative estimate of drug-likeness (QED) is 0.659. The van der Waals surface area contributed by atoms with Gasteiger partial charge in [0, 0.05) is 16.3 Å². The number of nitrogens with one attached hydrogen (secondary N) is 1. The molecule has 26 heavy (non-hydrogen) atoms. The van der Waals surface area contributed by atoms with Gasteiger partial charge in [0.25, 0.3) is 0 Å². The Morgan fingerprint density at radius 3 is 2.96 bits per heavy atom. The maximum atomic E-state index is 13.2. The molecule has 0 aliphatic carbocycles. The van der Waals surface area contributed by atoms with E-state index in [9.17, 15) is 9.18 Å². The average Bonchev–Trinajstić information content (AvgIpc) is 3.07. The number of amides is 1. The Kier molecular flexibility index (Phi) is 5.90. The highest BCUT2D eigenvalue weighted by molar-refractivity contribution is 7.99. The third kappa shape index (κ3) is 4.83. The molecule has 0 aliphatic rings. The molecule has 1 aromatic heterocycles. The van der Waals surface area contributed by atoms with E-state index in [2.05, 4.69) is 15.5 Å². The average molecular weight is 392 g/mol. The summed E-state index contributed by atoms with van der Waals surface area (Å²) in [5.74, 6) is 0.787. The number of carbonyl (C=O) groups is 1. The lowest BCUT2D eigenvalue weighted by molar-refractivity contribution is -0.113. The van der Waals surface area contributed by atoms with Crippen LogP contribution in [0.2, 0.25) is 5.02 Å². The Bertz CT molecular complexity index is 932. The van der Waals surface area contributed by atoms with E-state index in [1.54, 1.807) is 24.3 Å². The molecule has 1 heterocycles. The summed E-state index contributed by atoms with van der Waals surface area (Å²) in [5, 5.41) is 7.22. The van der Waals surface area contributed by atoms with E-state index in [0.29, 0.717) is 33.7 Å². The van der Waals surface area contributed by atoms with Crippen molar-refractivity contribution < 1.29 is 13.7 Å². The lowest BCUT2D eigenvalue weighted by Crippen LogP contribution is -2.15. The Morgan fingerprint density at radius 1 is 1.31 bits per heavy atom. The van der Waals surface area contributed by atoms with Crippen LogP contribution in [0.1, 0.15) is 11.5 Å². The number of benzene rings is 2. The van der Waals surface area contributed by atoms with Crippen LogP contribution in [0.3, 0.4) is 0 Å². The fourth-order valence-electron chi connectivity index (χ4n) is 2.20. The predicted octanol–water partition coefficient (Wildman–Crippen LogP) is 4.71. The van der Waals surface area contributed by atoms with Crippen LogP contribution in [0.15, 0.2) is 47.0 Å². The third-order valence-electron chi connectivity index (χ3n) is 3.48. The van der Waals surface area contributed by atoms with Crippen LogP contribution in [-0.2, 0) is 10.5 Å². The van der Waals surface area contributed by atoms with Gasteiger partial charge in [0.05, 0.1) is 11.5 Å². The summed E-state index contributed by atoms with van der Waals surface area (Å²) in [6, 6.07) is 11.3. The number of halogens is 2. The zero-order valence-electron chi connectivity index (χ0n) is 13.8. The van der Waals surface area contributed by atoms with E-state index < -0.39 is 0 Å². The normalized spacial score (nSPS) is 10.7. The number of nitrogens with zero attached hydrogens (tertiary/aromatic N) is 2. The molecule has 134 valence electrons. The SMILES string of the molecule is Cc1ccc(Cl)cc1NC(=O)CSCc1nc(-c2cccc(F)c2)no1. The number of carbonyl (C=O) groups excluding carboxylic acids is 1. The van der Waals surface area contributed by atoms with Crippen molar-refractivity contribution in [1.29, 1.82) is 0 Å². The van der Waals surface area contributed by atoms with Crippen LogP contribution in [0.5, 0.6) is 0 Å². The molecule has 5 nitrogen and oxygen atoms in total. The predicted molar refractivity (Wildman–Crippen MR) is 101 cm³/mol. The van der Waals surface area contributed by atoms with E-state index in [-0.39, 0.29) is 17.5 Å². The van der Waals surface area contributed by atoms with Crippen molar-refractivity contribution in [3.63, 3.8) is 0 Å². The second-order valence-corrected chi connectivity index (χ2v) is 6.94. The summed E-state index contributed by atoms with van der Waals surface area (Å²) in [5.41, 5.74) is 2.16. The Labute approximate surface area is 158 Å². The van der Waals surface area contributed by atoms with Gasteiger partial charge in [-0.05, 0) is 36.8 Å². The monoisotopic (exact) mass is 391 g/mol. The smallest absolute Gasteiger partial charge is 0.236 e. The molecule has 0 saturated heterocycles. The number of hydrogen-bond acceptors (Lipinski definition) is 5. The zero-order valence-corrected chi connectivity index (χ0v) is 15.4. The van der Waals surface area contributed by atoms with Crippen molar-refractivity contribution >= 4 is 35.0 Å². The Hall–Kier alpha value is -2.38. The molecule has 1 N–H and O–H groups in total. The van der Waals surface area contributed by atoms with E-state index in [1.165, 1.54) is 23.9 Å². The molecule has 0 atom stereocenters. The van der Waals surface area contributed by atoms with Crippen molar-refractivity contribution in [2.45, 2.75) is 12.7 Å². The fourth-order valence-corrected chi connectivity index (χ4v) is 3.03. The fraction of sp³-hybridized carbons (Fsp3) is 0.167. The van der Waals surface area contributed by atoms with Crippen molar-refractivity contribution in [3.8, 4) is 11.4 Å². The minimum atomic E-state index is -0.365. The van der Waals surface area contributed by atoms with E-state index in [0.717, 1.165) is 5.56 Å². The second-order valence-electron chi connectivity index (χ2n) is 5.52. The van der Waals surface area contributed by atoms with E-state index in [1.807, 2.05) is 13.0 Å². The van der Waals surface area contributed by atoms with E-state index in [4.69, 9.17) is 16.1 Å². The lowest BCUT2D eigenvalue weighted by Gasteiger charge is -2.08. The first kappa shape index (κ1) is 18.4. The number of anilines is 1. The Balaban J connectivity index is 1.52. The minimum Gasteiger partial charge on any atom is -0.338 e. The molecule has 0 radical (unpaired) electrons. The van der Waals surface area contributed by atoms with Crippen LogP contribution >= 0.6 is 23.4 Å². The molecule has 0 saturated carbocycles. The zero-order chi connectivity index (χ0) is 18.5. The summed E-state index contributed by atoms with van der Waals surface area (Å²) in [6.45, 7) is 1.89. The maximum absolute atomic E-state index is 13.2. The minimum absolute atomic E-state index is 0.148. The lowest BCUT2D eigenvalue weighted by atomic mass is 10.2. The highest BCUT2D eigenvalue weighted by atomic mass is 35.5. The first-order valence-corrected chi connectivity index (χ1v) is 9.27. The first-order chi connectivity index (χ1) is 12.5. The topological polar surface area (TPSA) is 68.0 Å². The van der Waals surface area contributed by atoms with Gasteiger partial charge in [0.1, 0.15) is 5.82 Å². The van der Waals surface area contributed by atoms with Gasteiger partial charge in [-0.1, -0.05) is 35.0 Å². The second kappa shape index (κ2) is 8.33. The molecule has 3 rings (SSSR count). The molecule has 3 aromatic rings. The molecule has 8 heteroatoms. The van der Waals surface area contributed by atoms with Gasteiger partial charge in [-0.15, -0.1) is 11.8 Å². The van der Waals surface area contributed by atoms with Crippen molar-refractivity contribution in [3.05, 3.63) is 64.8 Å². The van der Waals surface area contributed by atoms with E-state index >= 15 is 0 Å². The van der Waals surface area contributed by atoms with Crippen LogP contribution in [0.4, 0.5) is 10.1 Å².